The summed E-state index contributed by atoms with van der Waals surface area (Å²) in [5.41, 5.74) is -0.442. The number of amides is 1. The molecular formula is C23H15F3N4O3S2. The lowest BCUT2D eigenvalue weighted by molar-refractivity contribution is -0.140. The van der Waals surface area contributed by atoms with Crippen LogP contribution < -0.4 is 5.32 Å². The number of carbonyl (C=O) groups is 1. The summed E-state index contributed by atoms with van der Waals surface area (Å²) in [7, 11) is -3.98. The van der Waals surface area contributed by atoms with Crippen LogP contribution in [-0.2, 0) is 22.6 Å². The van der Waals surface area contributed by atoms with Crippen LogP contribution in [0.5, 0.6) is 0 Å². The minimum Gasteiger partial charge on any atom is -0.347 e. The molecule has 0 atom stereocenters. The summed E-state index contributed by atoms with van der Waals surface area (Å²) in [5.74, 6) is -0.255. The third-order valence-corrected chi connectivity index (χ3v) is 8.10. The lowest BCUT2D eigenvalue weighted by atomic mass is 10.2. The molecule has 178 valence electrons. The van der Waals surface area contributed by atoms with Crippen LogP contribution in [0.25, 0.3) is 15.7 Å². The van der Waals surface area contributed by atoms with Gasteiger partial charge in [-0.1, -0.05) is 12.1 Å². The number of fused-ring (bicyclic) bond motifs is 2. The van der Waals surface area contributed by atoms with Gasteiger partial charge >= 0.3 is 6.18 Å². The second-order valence-corrected chi connectivity index (χ2v) is 10.6. The number of thiophene rings is 1. The fraction of sp³-hybridized carbons (Fsp3) is 0.0870. The number of imidazole rings is 1. The summed E-state index contributed by atoms with van der Waals surface area (Å²) in [6, 6.07) is 12.0. The van der Waals surface area contributed by atoms with Gasteiger partial charge in [-0.15, -0.1) is 11.3 Å². The van der Waals surface area contributed by atoms with Gasteiger partial charge in [-0.2, -0.15) is 13.2 Å². The van der Waals surface area contributed by atoms with Gasteiger partial charge in [0.25, 0.3) is 5.91 Å². The molecule has 1 amide bonds. The molecule has 0 unspecified atom stereocenters. The summed E-state index contributed by atoms with van der Waals surface area (Å²) in [5, 5.41) is 3.72. The predicted octanol–water partition coefficient (Wildman–Crippen LogP) is 4.73. The van der Waals surface area contributed by atoms with Crippen molar-refractivity contribution in [1.29, 1.82) is 0 Å². The van der Waals surface area contributed by atoms with Crippen LogP contribution in [0.3, 0.4) is 0 Å². The number of pyridine rings is 2. The van der Waals surface area contributed by atoms with Crippen LogP contribution in [0.2, 0.25) is 0 Å². The van der Waals surface area contributed by atoms with E-state index in [0.717, 1.165) is 26.9 Å². The predicted molar refractivity (Wildman–Crippen MR) is 123 cm³/mol. The van der Waals surface area contributed by atoms with Crippen molar-refractivity contribution in [2.45, 2.75) is 22.5 Å². The molecule has 12 heteroatoms. The van der Waals surface area contributed by atoms with E-state index < -0.39 is 21.7 Å². The fourth-order valence-electron chi connectivity index (χ4n) is 3.46. The number of hydrogen-bond donors (Lipinski definition) is 1. The monoisotopic (exact) mass is 516 g/mol. The number of nitrogens with one attached hydrogen (secondary N) is 1. The Balaban J connectivity index is 1.31. The van der Waals surface area contributed by atoms with Crippen molar-refractivity contribution in [3.63, 3.8) is 0 Å². The molecule has 35 heavy (non-hydrogen) atoms. The number of aromatic nitrogens is 3. The molecule has 5 aromatic rings. The first-order valence-corrected chi connectivity index (χ1v) is 12.4. The summed E-state index contributed by atoms with van der Waals surface area (Å²) in [4.78, 5) is 20.3. The molecular weight excluding hydrogens is 501 g/mol. The molecule has 0 aliphatic heterocycles. The summed E-state index contributed by atoms with van der Waals surface area (Å²) >= 11 is 1.32. The van der Waals surface area contributed by atoms with Crippen molar-refractivity contribution in [2.75, 3.05) is 0 Å². The molecule has 1 N–H and O–H groups in total. The first-order chi connectivity index (χ1) is 16.6. The van der Waals surface area contributed by atoms with E-state index in [4.69, 9.17) is 0 Å². The molecule has 5 rings (SSSR count). The Morgan fingerprint density at radius 2 is 1.77 bits per heavy atom. The maximum absolute atomic E-state index is 13.0. The normalized spacial score (nSPS) is 12.3. The van der Waals surface area contributed by atoms with Gasteiger partial charge in [-0.25, -0.2) is 13.4 Å². The SMILES string of the molecule is O=C(NCc1ccc(S(=O)(=O)c2ccc3nc(C(F)(F)F)cn3c2)cc1)c1cc2ccncc2s1. The van der Waals surface area contributed by atoms with Crippen LogP contribution in [0.4, 0.5) is 13.2 Å². The number of sulfone groups is 1. The van der Waals surface area contributed by atoms with E-state index in [1.807, 2.05) is 6.07 Å². The van der Waals surface area contributed by atoms with Gasteiger partial charge < -0.3 is 9.72 Å². The van der Waals surface area contributed by atoms with Gasteiger partial charge in [-0.05, 0) is 47.3 Å². The Labute approximate surface area is 200 Å². The van der Waals surface area contributed by atoms with Crippen LogP contribution in [0.1, 0.15) is 20.9 Å². The average Bonchev–Trinajstić information content (AvgIpc) is 3.46. The van der Waals surface area contributed by atoms with Crippen molar-refractivity contribution in [3.05, 3.63) is 89.5 Å². The van der Waals surface area contributed by atoms with Gasteiger partial charge in [0.15, 0.2) is 5.69 Å². The second kappa shape index (κ2) is 8.47. The second-order valence-electron chi connectivity index (χ2n) is 7.61. The molecule has 0 saturated heterocycles. The van der Waals surface area contributed by atoms with Gasteiger partial charge in [0.05, 0.1) is 19.4 Å². The summed E-state index contributed by atoms with van der Waals surface area (Å²) in [6.45, 7) is 0.187. The molecule has 7 nitrogen and oxygen atoms in total. The summed E-state index contributed by atoms with van der Waals surface area (Å²) in [6.07, 6.45) is 0.550. The van der Waals surface area contributed by atoms with Gasteiger partial charge in [0.1, 0.15) is 5.65 Å². The Kier molecular flexibility index (Phi) is 5.56. The topological polar surface area (TPSA) is 93.4 Å². The van der Waals surface area contributed by atoms with Crippen LogP contribution >= 0.6 is 11.3 Å². The molecule has 0 spiro atoms. The minimum atomic E-state index is -4.63. The number of nitrogens with zero attached hydrogens (tertiary/aromatic N) is 3. The van der Waals surface area contributed by atoms with E-state index in [9.17, 15) is 26.4 Å². The first kappa shape index (κ1) is 23.0. The Morgan fingerprint density at radius 1 is 1.03 bits per heavy atom. The standard InChI is InChI=1S/C23H15F3N4O3S2/c24-23(25,26)20-13-30-12-17(5-6-21(30)29-20)35(32,33)16-3-1-14(2-4-16)10-28-22(31)18-9-15-7-8-27-11-19(15)34-18/h1-9,11-13H,10H2,(H,28,31). The largest absolute Gasteiger partial charge is 0.434 e. The lowest BCUT2D eigenvalue weighted by Crippen LogP contribution is -2.21. The Morgan fingerprint density at radius 3 is 2.49 bits per heavy atom. The highest BCUT2D eigenvalue weighted by Gasteiger charge is 2.34. The van der Waals surface area contributed by atoms with Crippen LogP contribution in [0, 0.1) is 0 Å². The van der Waals surface area contributed by atoms with E-state index >= 15 is 0 Å². The number of alkyl halides is 3. The number of carbonyl (C=O) groups excluding carboxylic acids is 1. The quantitative estimate of drug-likeness (QED) is 0.365. The third kappa shape index (κ3) is 4.49. The van der Waals surface area contributed by atoms with Crippen molar-refractivity contribution in [1.82, 2.24) is 19.7 Å². The zero-order valence-corrected chi connectivity index (χ0v) is 19.3. The van der Waals surface area contributed by atoms with Gasteiger partial charge in [0, 0.05) is 31.3 Å². The molecule has 0 saturated carbocycles. The maximum atomic E-state index is 13.0. The van der Waals surface area contributed by atoms with Crippen molar-refractivity contribution >= 4 is 42.8 Å². The van der Waals surface area contributed by atoms with E-state index in [-0.39, 0.29) is 27.9 Å². The highest BCUT2D eigenvalue weighted by molar-refractivity contribution is 7.91. The number of benzene rings is 1. The summed E-state index contributed by atoms with van der Waals surface area (Å²) < 4.78 is 66.6. The highest BCUT2D eigenvalue weighted by atomic mass is 32.2. The maximum Gasteiger partial charge on any atom is 0.434 e. The lowest BCUT2D eigenvalue weighted by Gasteiger charge is -2.08. The van der Waals surface area contributed by atoms with Crippen LogP contribution in [0.15, 0.2) is 83.1 Å². The fourth-order valence-corrected chi connectivity index (χ4v) is 5.67. The smallest absolute Gasteiger partial charge is 0.347 e. The van der Waals surface area contributed by atoms with E-state index in [2.05, 4.69) is 15.3 Å². The zero-order chi connectivity index (χ0) is 24.8. The highest BCUT2D eigenvalue weighted by Crippen LogP contribution is 2.29. The number of hydrogen-bond acceptors (Lipinski definition) is 6. The van der Waals surface area contributed by atoms with Crippen molar-refractivity contribution in [3.8, 4) is 0 Å². The molecule has 0 aliphatic carbocycles. The van der Waals surface area contributed by atoms with E-state index in [0.29, 0.717) is 10.4 Å². The van der Waals surface area contributed by atoms with Gasteiger partial charge in [0.2, 0.25) is 9.84 Å². The molecule has 4 heterocycles. The molecule has 0 aliphatic rings. The minimum absolute atomic E-state index is 0.0164. The number of halogens is 3. The Hall–Kier alpha value is -3.77. The average molecular weight is 517 g/mol. The van der Waals surface area contributed by atoms with Crippen molar-refractivity contribution < 1.29 is 26.4 Å². The molecule has 0 radical (unpaired) electrons. The Bertz CT molecular complexity index is 1640. The van der Waals surface area contributed by atoms with E-state index in [1.54, 1.807) is 30.6 Å². The zero-order valence-electron chi connectivity index (χ0n) is 17.7. The first-order valence-electron chi connectivity index (χ1n) is 10.1. The molecule has 0 bridgehead atoms. The third-order valence-electron chi connectivity index (χ3n) is 5.26. The molecule has 4 aromatic heterocycles. The van der Waals surface area contributed by atoms with E-state index in [1.165, 1.54) is 35.6 Å². The molecule has 0 fully saturated rings. The van der Waals surface area contributed by atoms with Crippen molar-refractivity contribution in [2.24, 2.45) is 0 Å². The molecule has 1 aromatic carbocycles. The number of rotatable bonds is 5. The van der Waals surface area contributed by atoms with Gasteiger partial charge in [-0.3, -0.25) is 9.78 Å². The van der Waals surface area contributed by atoms with Crippen LogP contribution in [-0.4, -0.2) is 28.7 Å².